The van der Waals surface area contributed by atoms with Crippen molar-refractivity contribution in [2.45, 2.75) is 12.6 Å². The van der Waals surface area contributed by atoms with Gasteiger partial charge in [0.15, 0.2) is 0 Å². The molecule has 2 amide bonds. The summed E-state index contributed by atoms with van der Waals surface area (Å²) in [5, 5.41) is 2.50. The molecular weight excluding hydrogens is 361 g/mol. The highest BCUT2D eigenvalue weighted by molar-refractivity contribution is 6.33. The first-order valence-electron chi connectivity index (χ1n) is 7.64. The van der Waals surface area contributed by atoms with E-state index >= 15 is 0 Å². The number of alkyl halides is 3. The van der Waals surface area contributed by atoms with E-state index in [9.17, 15) is 22.8 Å². The minimum atomic E-state index is -4.56. The Balaban J connectivity index is 1.96. The zero-order valence-electron chi connectivity index (χ0n) is 13.5. The largest absolute Gasteiger partial charge is 0.416 e. The van der Waals surface area contributed by atoms with E-state index < -0.39 is 17.6 Å². The van der Waals surface area contributed by atoms with Crippen molar-refractivity contribution in [3.63, 3.8) is 0 Å². The zero-order chi connectivity index (χ0) is 18.6. The normalized spacial score (nSPS) is 17.9. The van der Waals surface area contributed by atoms with Crippen molar-refractivity contribution < 1.29 is 27.5 Å². The summed E-state index contributed by atoms with van der Waals surface area (Å²) < 4.78 is 43.2. The number of nitrogens with one attached hydrogen (secondary N) is 1. The first kappa shape index (κ1) is 19.5. The van der Waals surface area contributed by atoms with E-state index in [0.717, 1.165) is 18.2 Å². The fourth-order valence-electron chi connectivity index (χ4n) is 2.62. The summed E-state index contributed by atoms with van der Waals surface area (Å²) in [5.74, 6) is -0.829. The lowest BCUT2D eigenvalue weighted by Crippen LogP contribution is -2.32. The number of amides is 2. The molecule has 1 aliphatic rings. The average Bonchev–Trinajstić information content (AvgIpc) is 2.90. The standard InChI is InChI=1S/C16H18ClF3N2O3/c1-25-5-4-22-9-10(6-14(22)23)8-21-15(24)12-7-11(16(18,19)20)2-3-13(12)17/h2-3,7,10H,4-6,8-9H2,1H3,(H,21,24)/t10-/m0/s1. The second kappa shape index (κ2) is 8.05. The van der Waals surface area contributed by atoms with Crippen LogP contribution in [0.25, 0.3) is 0 Å². The van der Waals surface area contributed by atoms with Gasteiger partial charge in [-0.1, -0.05) is 11.6 Å². The lowest BCUT2D eigenvalue weighted by atomic mass is 10.1. The van der Waals surface area contributed by atoms with E-state index in [4.69, 9.17) is 16.3 Å². The molecule has 0 saturated carbocycles. The maximum Gasteiger partial charge on any atom is 0.416 e. The fourth-order valence-corrected chi connectivity index (χ4v) is 2.82. The second-order valence-corrected chi connectivity index (χ2v) is 6.21. The number of halogens is 4. The molecule has 0 aromatic heterocycles. The van der Waals surface area contributed by atoms with Gasteiger partial charge in [0.05, 0.1) is 22.8 Å². The van der Waals surface area contributed by atoms with Crippen LogP contribution >= 0.6 is 11.6 Å². The Morgan fingerprint density at radius 1 is 1.44 bits per heavy atom. The Labute approximate surface area is 148 Å². The van der Waals surface area contributed by atoms with Crippen LogP contribution in [0.2, 0.25) is 5.02 Å². The van der Waals surface area contributed by atoms with E-state index in [0.29, 0.717) is 19.7 Å². The van der Waals surface area contributed by atoms with Gasteiger partial charge in [0, 0.05) is 39.1 Å². The summed E-state index contributed by atoms with van der Waals surface area (Å²) in [6.07, 6.45) is -4.28. The van der Waals surface area contributed by atoms with Crippen LogP contribution in [-0.2, 0) is 15.7 Å². The van der Waals surface area contributed by atoms with Gasteiger partial charge in [0.2, 0.25) is 5.91 Å². The summed E-state index contributed by atoms with van der Waals surface area (Å²) in [6, 6.07) is 2.59. The molecule has 0 radical (unpaired) electrons. The first-order chi connectivity index (χ1) is 11.7. The highest BCUT2D eigenvalue weighted by atomic mass is 35.5. The number of hydrogen-bond acceptors (Lipinski definition) is 3. The SMILES string of the molecule is COCCN1C[C@H](CNC(=O)c2cc(C(F)(F)F)ccc2Cl)CC1=O. The molecule has 1 fully saturated rings. The van der Waals surface area contributed by atoms with E-state index in [1.807, 2.05) is 0 Å². The van der Waals surface area contributed by atoms with E-state index in [1.165, 1.54) is 7.11 Å². The van der Waals surface area contributed by atoms with Crippen molar-refractivity contribution >= 4 is 23.4 Å². The number of ether oxygens (including phenoxy) is 1. The number of carbonyl (C=O) groups is 2. The minimum absolute atomic E-state index is 0.0339. The molecular formula is C16H18ClF3N2O3. The van der Waals surface area contributed by atoms with Gasteiger partial charge in [-0.2, -0.15) is 13.2 Å². The predicted octanol–water partition coefficient (Wildman–Crippen LogP) is 2.58. The molecule has 1 aromatic carbocycles. The molecule has 0 aliphatic carbocycles. The van der Waals surface area contributed by atoms with Crippen molar-refractivity contribution in [3.8, 4) is 0 Å². The van der Waals surface area contributed by atoms with Crippen molar-refractivity contribution in [2.75, 3.05) is 33.4 Å². The molecule has 1 heterocycles. The van der Waals surface area contributed by atoms with E-state index in [1.54, 1.807) is 4.90 Å². The van der Waals surface area contributed by atoms with Crippen molar-refractivity contribution in [1.29, 1.82) is 0 Å². The lowest BCUT2D eigenvalue weighted by molar-refractivity contribution is -0.137. The molecule has 1 saturated heterocycles. The molecule has 0 unspecified atom stereocenters. The van der Waals surface area contributed by atoms with Gasteiger partial charge in [-0.25, -0.2) is 0 Å². The van der Waals surface area contributed by atoms with Gasteiger partial charge in [-0.05, 0) is 18.2 Å². The molecule has 1 atom stereocenters. The molecule has 0 bridgehead atoms. The molecule has 9 heteroatoms. The van der Waals surface area contributed by atoms with Crippen molar-refractivity contribution in [2.24, 2.45) is 5.92 Å². The molecule has 0 spiro atoms. The molecule has 1 N–H and O–H groups in total. The van der Waals surface area contributed by atoms with Crippen LogP contribution in [0.15, 0.2) is 18.2 Å². The number of methoxy groups -OCH3 is 1. The van der Waals surface area contributed by atoms with Crippen LogP contribution < -0.4 is 5.32 Å². The smallest absolute Gasteiger partial charge is 0.383 e. The molecule has 2 rings (SSSR count). The van der Waals surface area contributed by atoms with Gasteiger partial charge in [0.25, 0.3) is 5.91 Å². The maximum absolute atomic E-state index is 12.8. The average molecular weight is 379 g/mol. The Morgan fingerprint density at radius 3 is 2.80 bits per heavy atom. The molecule has 1 aliphatic heterocycles. The number of rotatable bonds is 6. The van der Waals surface area contributed by atoms with Gasteiger partial charge < -0.3 is 15.0 Å². The molecule has 1 aromatic rings. The topological polar surface area (TPSA) is 58.6 Å². The van der Waals surface area contributed by atoms with Crippen molar-refractivity contribution in [3.05, 3.63) is 34.3 Å². The van der Waals surface area contributed by atoms with Gasteiger partial charge >= 0.3 is 6.18 Å². The molecule has 138 valence electrons. The summed E-state index contributed by atoms with van der Waals surface area (Å²) in [6.45, 7) is 1.54. The fraction of sp³-hybridized carbons (Fsp3) is 0.500. The Hall–Kier alpha value is -1.80. The Morgan fingerprint density at radius 2 is 2.16 bits per heavy atom. The van der Waals surface area contributed by atoms with Crippen LogP contribution in [0.5, 0.6) is 0 Å². The Kier molecular flexibility index (Phi) is 6.29. The third-order valence-corrected chi connectivity index (χ3v) is 4.28. The number of hydrogen-bond donors (Lipinski definition) is 1. The zero-order valence-corrected chi connectivity index (χ0v) is 14.3. The monoisotopic (exact) mass is 378 g/mol. The van der Waals surface area contributed by atoms with Crippen LogP contribution in [0.1, 0.15) is 22.3 Å². The lowest BCUT2D eigenvalue weighted by Gasteiger charge is -2.16. The summed E-state index contributed by atoms with van der Waals surface area (Å²) in [4.78, 5) is 25.6. The van der Waals surface area contributed by atoms with Crippen molar-refractivity contribution in [1.82, 2.24) is 10.2 Å². The maximum atomic E-state index is 12.8. The highest BCUT2D eigenvalue weighted by Gasteiger charge is 2.32. The number of nitrogens with zero attached hydrogens (tertiary/aromatic N) is 1. The number of carbonyl (C=O) groups excluding carboxylic acids is 2. The van der Waals surface area contributed by atoms with Crippen LogP contribution in [0.3, 0.4) is 0 Å². The van der Waals surface area contributed by atoms with Crippen LogP contribution in [-0.4, -0.2) is 50.1 Å². The van der Waals surface area contributed by atoms with Gasteiger partial charge in [0.1, 0.15) is 0 Å². The number of likely N-dealkylation sites (tertiary alicyclic amines) is 1. The summed E-state index contributed by atoms with van der Waals surface area (Å²) in [7, 11) is 1.54. The third kappa shape index (κ3) is 5.09. The quantitative estimate of drug-likeness (QED) is 0.827. The predicted molar refractivity (Wildman–Crippen MR) is 85.4 cm³/mol. The molecule has 5 nitrogen and oxygen atoms in total. The summed E-state index contributed by atoms with van der Waals surface area (Å²) >= 11 is 5.84. The highest BCUT2D eigenvalue weighted by Crippen LogP contribution is 2.31. The van der Waals surface area contributed by atoms with Gasteiger partial charge in [-0.15, -0.1) is 0 Å². The van der Waals surface area contributed by atoms with Crippen LogP contribution in [0, 0.1) is 5.92 Å². The number of benzene rings is 1. The van der Waals surface area contributed by atoms with Gasteiger partial charge in [-0.3, -0.25) is 9.59 Å². The van der Waals surface area contributed by atoms with E-state index in [-0.39, 0.29) is 35.4 Å². The minimum Gasteiger partial charge on any atom is -0.383 e. The van der Waals surface area contributed by atoms with Crippen LogP contribution in [0.4, 0.5) is 13.2 Å². The molecule has 25 heavy (non-hydrogen) atoms. The van der Waals surface area contributed by atoms with E-state index in [2.05, 4.69) is 5.32 Å². The first-order valence-corrected chi connectivity index (χ1v) is 8.02. The summed E-state index contributed by atoms with van der Waals surface area (Å²) in [5.41, 5.74) is -1.18. The Bertz CT molecular complexity index is 652. The third-order valence-electron chi connectivity index (χ3n) is 3.95. The second-order valence-electron chi connectivity index (χ2n) is 5.81.